The fourth-order valence-electron chi connectivity index (χ4n) is 5.34. The lowest BCUT2D eigenvalue weighted by Gasteiger charge is -2.12. The molecule has 4 aromatic heterocycles. The highest BCUT2D eigenvalue weighted by atomic mass is 19.4. The normalized spacial score (nSPS) is 11.2. The average molecular weight is 851 g/mol. The van der Waals surface area contributed by atoms with E-state index in [1.165, 1.54) is 48.8 Å². The van der Waals surface area contributed by atoms with Crippen molar-refractivity contribution < 1.29 is 45.4 Å². The van der Waals surface area contributed by atoms with Crippen LogP contribution < -0.4 is 21.8 Å². The Morgan fingerprint density at radius 2 is 1.11 bits per heavy atom. The van der Waals surface area contributed by atoms with Crippen molar-refractivity contribution in [1.29, 1.82) is 0 Å². The lowest BCUT2D eigenvalue weighted by atomic mass is 10.1. The molecule has 0 unspecified atom stereocenters. The molecule has 14 nitrogen and oxygen atoms in total. The molecule has 0 radical (unpaired) electrons. The Balaban J connectivity index is 0.000000231. The number of benzene rings is 2. The van der Waals surface area contributed by atoms with E-state index in [0.717, 1.165) is 39.2 Å². The number of esters is 2. The van der Waals surface area contributed by atoms with Gasteiger partial charge in [0, 0.05) is 37.6 Å². The van der Waals surface area contributed by atoms with Crippen molar-refractivity contribution >= 4 is 34.7 Å². The Morgan fingerprint density at radius 3 is 1.56 bits per heavy atom. The zero-order valence-corrected chi connectivity index (χ0v) is 32.5. The summed E-state index contributed by atoms with van der Waals surface area (Å²) >= 11 is 0. The standard InChI is InChI=1S/C21H19F3N4O3.C20H17F3N4O3/c1-3-28-19(29)16(26-18-11-25-8-7-13(18)2)10-17(27-28)20(30)31-12-14-5-4-6-15(9-14)21(22,23)24;1-2-27-18(28)16(25-15-7-4-8-24-11-15)10-17(26-27)19(29)30-12-13-5-3-6-14(9-13)20(21,22)23/h4-11,26H,3,12H2,1-2H3;3-11,25H,2,12H2,1H3. The summed E-state index contributed by atoms with van der Waals surface area (Å²) in [5, 5.41) is 13.7. The molecule has 0 atom stereocenters. The number of nitrogens with zero attached hydrogens (tertiary/aromatic N) is 6. The number of rotatable bonds is 12. The van der Waals surface area contributed by atoms with E-state index >= 15 is 0 Å². The van der Waals surface area contributed by atoms with Crippen molar-refractivity contribution in [3.63, 3.8) is 0 Å². The van der Waals surface area contributed by atoms with Gasteiger partial charge in [-0.2, -0.15) is 36.5 Å². The molecule has 4 heterocycles. The van der Waals surface area contributed by atoms with Crippen molar-refractivity contribution in [3.05, 3.63) is 164 Å². The van der Waals surface area contributed by atoms with Gasteiger partial charge >= 0.3 is 24.3 Å². The molecule has 0 aliphatic rings. The van der Waals surface area contributed by atoms with Gasteiger partial charge in [0.25, 0.3) is 11.1 Å². The number of ether oxygens (including phenoxy) is 2. The second kappa shape index (κ2) is 19.6. The molecule has 0 amide bonds. The van der Waals surface area contributed by atoms with Gasteiger partial charge in [-0.1, -0.05) is 24.3 Å². The first-order chi connectivity index (χ1) is 29.0. The largest absolute Gasteiger partial charge is 0.456 e. The van der Waals surface area contributed by atoms with Crippen LogP contribution in [0.4, 0.5) is 49.1 Å². The molecule has 2 aromatic carbocycles. The Kier molecular flexibility index (Phi) is 14.4. The molecule has 0 fully saturated rings. The quantitative estimate of drug-likeness (QED) is 0.0904. The maximum absolute atomic E-state index is 12.8. The zero-order valence-electron chi connectivity index (χ0n) is 32.5. The van der Waals surface area contributed by atoms with Crippen LogP contribution in [0.3, 0.4) is 0 Å². The van der Waals surface area contributed by atoms with E-state index in [4.69, 9.17) is 9.47 Å². The minimum Gasteiger partial charge on any atom is -0.456 e. The van der Waals surface area contributed by atoms with Crippen molar-refractivity contribution in [2.45, 2.75) is 59.4 Å². The van der Waals surface area contributed by atoms with Gasteiger partial charge in [0.1, 0.15) is 24.6 Å². The number of anilines is 4. The van der Waals surface area contributed by atoms with Gasteiger partial charge in [0.2, 0.25) is 0 Å². The van der Waals surface area contributed by atoms with Crippen molar-refractivity contribution in [2.75, 3.05) is 10.6 Å². The molecular weight excluding hydrogens is 814 g/mol. The molecule has 318 valence electrons. The SMILES string of the molecule is CCn1nc(C(=O)OCc2cccc(C(F)(F)F)c2)cc(Nc2cccnc2)c1=O.CCn1nc(C(=O)OCc2cccc(C(F)(F)F)c2)cc(Nc2cnccc2C)c1=O. The topological polar surface area (TPSA) is 172 Å². The van der Waals surface area contributed by atoms with Gasteiger partial charge in [-0.05, 0) is 79.9 Å². The number of aryl methyl sites for hydroxylation is 3. The lowest BCUT2D eigenvalue weighted by molar-refractivity contribution is -0.138. The first-order valence-corrected chi connectivity index (χ1v) is 18.2. The van der Waals surface area contributed by atoms with Crippen molar-refractivity contribution in [3.8, 4) is 0 Å². The van der Waals surface area contributed by atoms with E-state index in [2.05, 4.69) is 30.8 Å². The van der Waals surface area contributed by atoms with Crippen LogP contribution in [0, 0.1) is 6.92 Å². The number of nitrogens with one attached hydrogen (secondary N) is 2. The molecule has 61 heavy (non-hydrogen) atoms. The van der Waals surface area contributed by atoms with Gasteiger partial charge in [-0.15, -0.1) is 0 Å². The first kappa shape index (κ1) is 44.7. The molecule has 0 saturated heterocycles. The number of alkyl halides is 6. The molecule has 6 rings (SSSR count). The highest BCUT2D eigenvalue weighted by molar-refractivity contribution is 5.89. The molecule has 0 aliphatic heterocycles. The average Bonchev–Trinajstić information content (AvgIpc) is 3.24. The Labute approximate surface area is 342 Å². The van der Waals surface area contributed by atoms with Crippen LogP contribution in [0.15, 0.2) is 113 Å². The second-order valence-corrected chi connectivity index (χ2v) is 12.9. The third-order valence-electron chi connectivity index (χ3n) is 8.46. The number of carbonyl (C=O) groups is 2. The summed E-state index contributed by atoms with van der Waals surface area (Å²) in [5.41, 5.74) is -0.389. The predicted molar refractivity (Wildman–Crippen MR) is 209 cm³/mol. The molecular formula is C41H36F6N8O6. The molecule has 0 aliphatic carbocycles. The van der Waals surface area contributed by atoms with E-state index < -0.39 is 46.5 Å². The molecule has 2 N–H and O–H groups in total. The molecule has 20 heteroatoms. The second-order valence-electron chi connectivity index (χ2n) is 12.9. The fourth-order valence-corrected chi connectivity index (χ4v) is 5.34. The van der Waals surface area contributed by atoms with Gasteiger partial charge in [0.15, 0.2) is 11.4 Å². The highest BCUT2D eigenvalue weighted by Crippen LogP contribution is 2.31. The molecule has 0 bridgehead atoms. The Morgan fingerprint density at radius 1 is 0.623 bits per heavy atom. The van der Waals surface area contributed by atoms with Crippen LogP contribution >= 0.6 is 0 Å². The molecule has 0 saturated carbocycles. The van der Waals surface area contributed by atoms with Crippen LogP contribution in [-0.2, 0) is 48.1 Å². The number of aromatic nitrogens is 6. The molecule has 0 spiro atoms. The summed E-state index contributed by atoms with van der Waals surface area (Å²) in [5.74, 6) is -1.74. The van der Waals surface area contributed by atoms with Crippen LogP contribution in [0.2, 0.25) is 0 Å². The maximum Gasteiger partial charge on any atom is 0.416 e. The van der Waals surface area contributed by atoms with Gasteiger partial charge < -0.3 is 20.1 Å². The summed E-state index contributed by atoms with van der Waals surface area (Å²) in [6, 6.07) is 16.6. The highest BCUT2D eigenvalue weighted by Gasteiger charge is 2.31. The monoisotopic (exact) mass is 850 g/mol. The third-order valence-corrected chi connectivity index (χ3v) is 8.46. The summed E-state index contributed by atoms with van der Waals surface area (Å²) in [7, 11) is 0. The smallest absolute Gasteiger partial charge is 0.416 e. The maximum atomic E-state index is 12.8. The Bertz CT molecular complexity index is 2620. The number of carbonyl (C=O) groups excluding carboxylic acids is 2. The summed E-state index contributed by atoms with van der Waals surface area (Å²) < 4.78 is 89.4. The minimum absolute atomic E-state index is 0.0888. The predicted octanol–water partition coefficient (Wildman–Crippen LogP) is 7.86. The van der Waals surface area contributed by atoms with Crippen LogP contribution in [0.25, 0.3) is 0 Å². The zero-order chi connectivity index (χ0) is 44.3. The van der Waals surface area contributed by atoms with Gasteiger partial charge in [-0.3, -0.25) is 19.6 Å². The Hall–Kier alpha value is -7.38. The first-order valence-electron chi connectivity index (χ1n) is 18.2. The summed E-state index contributed by atoms with van der Waals surface area (Å²) in [6.45, 7) is 4.85. The number of halogens is 6. The minimum atomic E-state index is -4.50. The third kappa shape index (κ3) is 12.1. The van der Waals surface area contributed by atoms with E-state index in [1.54, 1.807) is 44.4 Å². The van der Waals surface area contributed by atoms with Crippen LogP contribution in [0.5, 0.6) is 0 Å². The van der Waals surface area contributed by atoms with Gasteiger partial charge in [-0.25, -0.2) is 19.0 Å². The van der Waals surface area contributed by atoms with E-state index in [1.807, 2.05) is 6.92 Å². The van der Waals surface area contributed by atoms with Crippen molar-refractivity contribution in [1.82, 2.24) is 29.5 Å². The summed E-state index contributed by atoms with van der Waals surface area (Å²) in [4.78, 5) is 57.9. The number of pyridine rings is 2. The van der Waals surface area contributed by atoms with Crippen LogP contribution in [0.1, 0.15) is 62.6 Å². The fraction of sp³-hybridized carbons (Fsp3) is 0.220. The lowest BCUT2D eigenvalue weighted by Crippen LogP contribution is -2.27. The van der Waals surface area contributed by atoms with Crippen molar-refractivity contribution in [2.24, 2.45) is 0 Å². The van der Waals surface area contributed by atoms with Crippen LogP contribution in [-0.4, -0.2) is 41.5 Å². The summed E-state index contributed by atoms with van der Waals surface area (Å²) in [6.07, 6.45) is -2.78. The number of hydrogen-bond donors (Lipinski definition) is 2. The van der Waals surface area contributed by atoms with E-state index in [9.17, 15) is 45.5 Å². The molecule has 6 aromatic rings. The number of hydrogen-bond acceptors (Lipinski definition) is 12. The van der Waals surface area contributed by atoms with E-state index in [0.29, 0.717) is 11.4 Å². The van der Waals surface area contributed by atoms with E-state index in [-0.39, 0.29) is 60.2 Å². The van der Waals surface area contributed by atoms with Gasteiger partial charge in [0.05, 0.1) is 34.9 Å².